The van der Waals surface area contributed by atoms with E-state index in [1.165, 1.54) is 18.2 Å². The molecule has 1 aromatic heterocycles. The molecular weight excluding hydrogens is 250 g/mol. The molecule has 0 unspecified atom stereocenters. The summed E-state index contributed by atoms with van der Waals surface area (Å²) in [5, 5.41) is 9.23. The zero-order chi connectivity index (χ0) is 13.8. The number of nitrogens with zero attached hydrogens (tertiary/aromatic N) is 1. The zero-order valence-corrected chi connectivity index (χ0v) is 11.9. The van der Waals surface area contributed by atoms with E-state index < -0.39 is 0 Å². The van der Waals surface area contributed by atoms with Crippen molar-refractivity contribution in [2.45, 2.75) is 12.8 Å². The van der Waals surface area contributed by atoms with Crippen LogP contribution >= 0.6 is 0 Å². The second-order valence-electron chi connectivity index (χ2n) is 5.32. The second-order valence-corrected chi connectivity index (χ2v) is 5.32. The first-order valence-electron chi connectivity index (χ1n) is 7.24. The quantitative estimate of drug-likeness (QED) is 0.897. The molecule has 1 aliphatic heterocycles. The van der Waals surface area contributed by atoms with Gasteiger partial charge in [0.2, 0.25) is 0 Å². The van der Waals surface area contributed by atoms with Crippen molar-refractivity contribution in [2.75, 3.05) is 32.1 Å². The van der Waals surface area contributed by atoms with Crippen LogP contribution in [0, 0.1) is 5.92 Å². The van der Waals surface area contributed by atoms with E-state index in [1.807, 2.05) is 24.4 Å². The van der Waals surface area contributed by atoms with Gasteiger partial charge in [0.25, 0.3) is 0 Å². The Morgan fingerprint density at radius 3 is 2.95 bits per heavy atom. The Balaban J connectivity index is 1.79. The monoisotopic (exact) mass is 271 g/mol. The summed E-state index contributed by atoms with van der Waals surface area (Å²) in [6.45, 7) is 3.25. The number of anilines is 1. The standard InChI is InChI=1S/C16H21N3O/c1-20-14-3-2-13-6-9-18-16(15(13)10-14)19-11-12-4-7-17-8-5-12/h2-3,6,9-10,12,17H,4-5,7-8,11H2,1H3,(H,18,19). The maximum absolute atomic E-state index is 5.31. The predicted octanol–water partition coefficient (Wildman–Crippen LogP) is 2.65. The van der Waals surface area contributed by atoms with Gasteiger partial charge in [-0.1, -0.05) is 6.07 Å². The molecule has 2 N–H and O–H groups in total. The molecule has 1 aromatic carbocycles. The fourth-order valence-corrected chi connectivity index (χ4v) is 2.74. The lowest BCUT2D eigenvalue weighted by molar-refractivity contribution is 0.389. The van der Waals surface area contributed by atoms with Crippen LogP contribution < -0.4 is 15.4 Å². The number of ether oxygens (including phenoxy) is 1. The number of fused-ring (bicyclic) bond motifs is 1. The molecule has 0 aliphatic carbocycles. The Labute approximate surface area is 119 Å². The summed E-state index contributed by atoms with van der Waals surface area (Å²) in [4.78, 5) is 4.48. The van der Waals surface area contributed by atoms with Crippen molar-refractivity contribution in [3.8, 4) is 5.75 Å². The van der Waals surface area contributed by atoms with E-state index in [0.717, 1.165) is 42.5 Å². The Kier molecular flexibility index (Phi) is 4.02. The number of benzene rings is 1. The first kappa shape index (κ1) is 13.2. The predicted molar refractivity (Wildman–Crippen MR) is 82.4 cm³/mol. The van der Waals surface area contributed by atoms with Crippen LogP contribution in [0.3, 0.4) is 0 Å². The van der Waals surface area contributed by atoms with Crippen molar-refractivity contribution in [1.82, 2.24) is 10.3 Å². The van der Waals surface area contributed by atoms with Crippen molar-refractivity contribution >= 4 is 16.6 Å². The topological polar surface area (TPSA) is 46.2 Å². The van der Waals surface area contributed by atoms with Crippen LogP contribution in [0.1, 0.15) is 12.8 Å². The number of pyridine rings is 1. The van der Waals surface area contributed by atoms with Crippen LogP contribution in [-0.4, -0.2) is 31.7 Å². The molecule has 4 heteroatoms. The molecule has 0 amide bonds. The van der Waals surface area contributed by atoms with Gasteiger partial charge in [-0.3, -0.25) is 0 Å². The summed E-state index contributed by atoms with van der Waals surface area (Å²) < 4.78 is 5.31. The third-order valence-electron chi connectivity index (χ3n) is 3.99. The van der Waals surface area contributed by atoms with Gasteiger partial charge in [-0.05, 0) is 55.4 Å². The minimum Gasteiger partial charge on any atom is -0.497 e. The lowest BCUT2D eigenvalue weighted by Gasteiger charge is -2.23. The Hall–Kier alpha value is -1.81. The average molecular weight is 271 g/mol. The van der Waals surface area contributed by atoms with Crippen LogP contribution in [-0.2, 0) is 0 Å². The molecule has 0 spiro atoms. The third-order valence-corrected chi connectivity index (χ3v) is 3.99. The summed E-state index contributed by atoms with van der Waals surface area (Å²) in [6.07, 6.45) is 4.34. The summed E-state index contributed by atoms with van der Waals surface area (Å²) in [7, 11) is 1.69. The molecule has 0 bridgehead atoms. The summed E-state index contributed by atoms with van der Waals surface area (Å²) in [5.41, 5.74) is 0. The number of aromatic nitrogens is 1. The number of rotatable bonds is 4. The van der Waals surface area contributed by atoms with Gasteiger partial charge in [0, 0.05) is 18.1 Å². The highest BCUT2D eigenvalue weighted by Crippen LogP contribution is 2.26. The van der Waals surface area contributed by atoms with E-state index in [2.05, 4.69) is 21.7 Å². The fourth-order valence-electron chi connectivity index (χ4n) is 2.74. The average Bonchev–Trinajstić information content (AvgIpc) is 2.53. The van der Waals surface area contributed by atoms with Crippen LogP contribution in [0.4, 0.5) is 5.82 Å². The lowest BCUT2D eigenvalue weighted by atomic mass is 9.98. The number of methoxy groups -OCH3 is 1. The summed E-state index contributed by atoms with van der Waals surface area (Å²) in [5.74, 6) is 2.56. The molecule has 20 heavy (non-hydrogen) atoms. The van der Waals surface area contributed by atoms with Crippen LogP contribution in [0.2, 0.25) is 0 Å². The molecule has 4 nitrogen and oxygen atoms in total. The molecular formula is C16H21N3O. The molecule has 1 saturated heterocycles. The van der Waals surface area contributed by atoms with Gasteiger partial charge >= 0.3 is 0 Å². The van der Waals surface area contributed by atoms with Gasteiger partial charge in [-0.25, -0.2) is 4.98 Å². The molecule has 0 atom stereocenters. The molecule has 106 valence electrons. The van der Waals surface area contributed by atoms with E-state index in [1.54, 1.807) is 7.11 Å². The molecule has 2 heterocycles. The van der Waals surface area contributed by atoms with Crippen LogP contribution in [0.5, 0.6) is 5.75 Å². The largest absolute Gasteiger partial charge is 0.497 e. The minimum absolute atomic E-state index is 0.735. The highest BCUT2D eigenvalue weighted by Gasteiger charge is 2.13. The van der Waals surface area contributed by atoms with Crippen LogP contribution in [0.15, 0.2) is 30.5 Å². The molecule has 0 radical (unpaired) electrons. The van der Waals surface area contributed by atoms with Gasteiger partial charge in [-0.15, -0.1) is 0 Å². The summed E-state index contributed by atoms with van der Waals surface area (Å²) in [6, 6.07) is 8.14. The maximum Gasteiger partial charge on any atom is 0.133 e. The van der Waals surface area contributed by atoms with Crippen molar-refractivity contribution in [3.63, 3.8) is 0 Å². The van der Waals surface area contributed by atoms with Gasteiger partial charge in [0.1, 0.15) is 11.6 Å². The number of hydrogen-bond donors (Lipinski definition) is 2. The fraction of sp³-hybridized carbons (Fsp3) is 0.438. The highest BCUT2D eigenvalue weighted by molar-refractivity contribution is 5.92. The van der Waals surface area contributed by atoms with E-state index in [-0.39, 0.29) is 0 Å². The Morgan fingerprint density at radius 2 is 2.15 bits per heavy atom. The van der Waals surface area contributed by atoms with Gasteiger partial charge in [-0.2, -0.15) is 0 Å². The van der Waals surface area contributed by atoms with Crippen molar-refractivity contribution < 1.29 is 4.74 Å². The van der Waals surface area contributed by atoms with E-state index in [4.69, 9.17) is 4.74 Å². The minimum atomic E-state index is 0.735. The second kappa shape index (κ2) is 6.09. The molecule has 0 saturated carbocycles. The normalized spacial score (nSPS) is 16.2. The Bertz CT molecular complexity index is 579. The Morgan fingerprint density at radius 1 is 1.30 bits per heavy atom. The van der Waals surface area contributed by atoms with Gasteiger partial charge < -0.3 is 15.4 Å². The lowest BCUT2D eigenvalue weighted by Crippen LogP contribution is -2.31. The molecule has 2 aromatic rings. The third kappa shape index (κ3) is 2.85. The highest BCUT2D eigenvalue weighted by atomic mass is 16.5. The first-order chi connectivity index (χ1) is 9.86. The number of nitrogens with one attached hydrogen (secondary N) is 2. The van der Waals surface area contributed by atoms with Crippen molar-refractivity contribution in [2.24, 2.45) is 5.92 Å². The van der Waals surface area contributed by atoms with E-state index in [9.17, 15) is 0 Å². The van der Waals surface area contributed by atoms with Gasteiger partial charge in [0.15, 0.2) is 0 Å². The van der Waals surface area contributed by atoms with E-state index in [0.29, 0.717) is 0 Å². The van der Waals surface area contributed by atoms with E-state index >= 15 is 0 Å². The molecule has 3 rings (SSSR count). The number of piperidine rings is 1. The van der Waals surface area contributed by atoms with Crippen molar-refractivity contribution in [3.05, 3.63) is 30.5 Å². The molecule has 1 fully saturated rings. The van der Waals surface area contributed by atoms with Crippen molar-refractivity contribution in [1.29, 1.82) is 0 Å². The first-order valence-corrected chi connectivity index (χ1v) is 7.24. The zero-order valence-electron chi connectivity index (χ0n) is 11.9. The summed E-state index contributed by atoms with van der Waals surface area (Å²) >= 11 is 0. The molecule has 1 aliphatic rings. The van der Waals surface area contributed by atoms with Crippen LogP contribution in [0.25, 0.3) is 10.8 Å². The SMILES string of the molecule is COc1ccc2ccnc(NCC3CCNCC3)c2c1. The smallest absolute Gasteiger partial charge is 0.133 e. The van der Waals surface area contributed by atoms with Gasteiger partial charge in [0.05, 0.1) is 7.11 Å². The maximum atomic E-state index is 5.31. The number of hydrogen-bond acceptors (Lipinski definition) is 4.